The molecule has 0 radical (unpaired) electrons. The van der Waals surface area contributed by atoms with Crippen LogP contribution in [0.2, 0.25) is 0 Å². The van der Waals surface area contributed by atoms with E-state index in [1.807, 2.05) is 36.4 Å². The van der Waals surface area contributed by atoms with Crippen molar-refractivity contribution in [3.8, 4) is 33.8 Å². The second kappa shape index (κ2) is 9.43. The molecule has 1 amide bonds. The van der Waals surface area contributed by atoms with Gasteiger partial charge < -0.3 is 10.3 Å². The molecule has 0 unspecified atom stereocenters. The van der Waals surface area contributed by atoms with Crippen LogP contribution in [0, 0.1) is 11.7 Å². The van der Waals surface area contributed by atoms with Gasteiger partial charge in [0.25, 0.3) is 0 Å². The van der Waals surface area contributed by atoms with Gasteiger partial charge in [-0.1, -0.05) is 31.0 Å². The maximum atomic E-state index is 13.9. The Morgan fingerprint density at radius 1 is 0.974 bits per heavy atom. The number of imidazole rings is 1. The number of fused-ring (bicyclic) bond motifs is 2. The van der Waals surface area contributed by atoms with Crippen molar-refractivity contribution in [2.75, 3.05) is 5.32 Å². The summed E-state index contributed by atoms with van der Waals surface area (Å²) in [6.07, 6.45) is 9.24. The van der Waals surface area contributed by atoms with E-state index in [4.69, 9.17) is 4.98 Å². The molecule has 0 atom stereocenters. The smallest absolute Gasteiger partial charge is 0.227 e. The Kier molecular flexibility index (Phi) is 5.61. The number of H-pyrrole nitrogens is 2. The first-order chi connectivity index (χ1) is 19.1. The third-order valence-corrected chi connectivity index (χ3v) is 7.37. The Bertz CT molecular complexity index is 1850. The van der Waals surface area contributed by atoms with Gasteiger partial charge in [0, 0.05) is 34.8 Å². The highest BCUT2D eigenvalue weighted by atomic mass is 19.1. The van der Waals surface area contributed by atoms with E-state index in [2.05, 4.69) is 30.5 Å². The van der Waals surface area contributed by atoms with E-state index < -0.39 is 0 Å². The van der Waals surface area contributed by atoms with E-state index in [0.717, 1.165) is 58.8 Å². The first-order valence-corrected chi connectivity index (χ1v) is 13.0. The summed E-state index contributed by atoms with van der Waals surface area (Å²) in [4.78, 5) is 29.5. The number of aromatic nitrogens is 6. The second-order valence-electron chi connectivity index (χ2n) is 9.92. The van der Waals surface area contributed by atoms with E-state index in [-0.39, 0.29) is 17.6 Å². The lowest BCUT2D eigenvalue weighted by Crippen LogP contribution is -2.20. The van der Waals surface area contributed by atoms with Gasteiger partial charge in [0.05, 0.1) is 17.4 Å². The van der Waals surface area contributed by atoms with Gasteiger partial charge in [0.15, 0.2) is 11.5 Å². The molecule has 0 bridgehead atoms. The van der Waals surface area contributed by atoms with Crippen LogP contribution < -0.4 is 5.32 Å². The molecule has 2 aromatic carbocycles. The van der Waals surface area contributed by atoms with Crippen LogP contribution in [0.3, 0.4) is 0 Å². The summed E-state index contributed by atoms with van der Waals surface area (Å²) in [6, 6.07) is 16.2. The summed E-state index contributed by atoms with van der Waals surface area (Å²) >= 11 is 0. The number of anilines is 1. The molecule has 39 heavy (non-hydrogen) atoms. The molecule has 1 fully saturated rings. The van der Waals surface area contributed by atoms with Crippen molar-refractivity contribution in [2.45, 2.75) is 25.7 Å². The highest BCUT2D eigenvalue weighted by molar-refractivity contribution is 5.98. The van der Waals surface area contributed by atoms with Crippen molar-refractivity contribution < 1.29 is 9.18 Å². The molecule has 0 aliphatic heterocycles. The number of nitrogens with one attached hydrogen (secondary N) is 3. The lowest BCUT2D eigenvalue weighted by atomic mass is 10.0. The Labute approximate surface area is 222 Å². The third kappa shape index (κ3) is 4.31. The van der Waals surface area contributed by atoms with Gasteiger partial charge >= 0.3 is 0 Å². The van der Waals surface area contributed by atoms with Crippen LogP contribution >= 0.6 is 0 Å². The van der Waals surface area contributed by atoms with Crippen LogP contribution in [-0.2, 0) is 4.79 Å². The summed E-state index contributed by atoms with van der Waals surface area (Å²) in [5.74, 6) is 0.393. The molecule has 7 rings (SSSR count). The number of nitrogens with zero attached hydrogens (tertiary/aromatic N) is 4. The molecule has 0 spiro atoms. The molecule has 1 aliphatic rings. The predicted molar refractivity (Wildman–Crippen MR) is 148 cm³/mol. The van der Waals surface area contributed by atoms with Gasteiger partial charge in [-0.15, -0.1) is 0 Å². The minimum atomic E-state index is -0.310. The molecule has 4 heterocycles. The normalized spacial score (nSPS) is 13.9. The van der Waals surface area contributed by atoms with E-state index in [1.165, 1.54) is 12.1 Å². The lowest BCUT2D eigenvalue weighted by Gasteiger charge is -2.11. The molecule has 4 aromatic heterocycles. The van der Waals surface area contributed by atoms with E-state index >= 15 is 0 Å². The SMILES string of the molecule is O=C(Nc1cncc(-c2ccc3[nH]nc(-c4nc5c(-c6cccc(F)c6)ccnc5[nH]4)c3c2)c1)C1CCCC1. The number of aromatic amines is 2. The molecule has 3 N–H and O–H groups in total. The van der Waals surface area contributed by atoms with Gasteiger partial charge in [0.2, 0.25) is 5.91 Å². The standard InChI is InChI=1S/C30H24FN7O/c31-21-7-3-6-19(12-21)23-10-11-33-28-26(23)35-29(36-28)27-24-14-18(8-9-25(24)37-38-27)20-13-22(16-32-15-20)34-30(39)17-4-1-2-5-17/h3,6-17H,1-2,4-5H2,(H,34,39)(H,37,38)(H,33,35,36). The minimum Gasteiger partial charge on any atom is -0.324 e. The topological polar surface area (TPSA) is 112 Å². The highest BCUT2D eigenvalue weighted by Gasteiger charge is 2.23. The summed E-state index contributed by atoms with van der Waals surface area (Å²) in [7, 11) is 0. The van der Waals surface area contributed by atoms with Crippen LogP contribution in [0.4, 0.5) is 10.1 Å². The van der Waals surface area contributed by atoms with E-state index in [1.54, 1.807) is 24.7 Å². The number of carbonyl (C=O) groups is 1. The molecule has 9 heteroatoms. The molecule has 0 saturated heterocycles. The largest absolute Gasteiger partial charge is 0.324 e. The number of hydrogen-bond donors (Lipinski definition) is 3. The fourth-order valence-corrected chi connectivity index (χ4v) is 5.38. The highest BCUT2D eigenvalue weighted by Crippen LogP contribution is 2.33. The molecular weight excluding hydrogens is 493 g/mol. The Morgan fingerprint density at radius 3 is 2.74 bits per heavy atom. The van der Waals surface area contributed by atoms with Crippen LogP contribution in [0.25, 0.3) is 55.8 Å². The monoisotopic (exact) mass is 517 g/mol. The van der Waals surface area contributed by atoms with Crippen LogP contribution in [0.15, 0.2) is 73.2 Å². The van der Waals surface area contributed by atoms with Crippen molar-refractivity contribution >= 4 is 33.7 Å². The quantitative estimate of drug-likeness (QED) is 0.242. The average Bonchev–Trinajstić information content (AvgIpc) is 3.72. The number of hydrogen-bond acceptors (Lipinski definition) is 5. The van der Waals surface area contributed by atoms with Gasteiger partial charge in [-0.25, -0.2) is 14.4 Å². The van der Waals surface area contributed by atoms with Crippen molar-refractivity contribution in [2.24, 2.45) is 5.92 Å². The Hall–Kier alpha value is -4.92. The fourth-order valence-electron chi connectivity index (χ4n) is 5.38. The molecule has 1 aliphatic carbocycles. The van der Waals surface area contributed by atoms with Crippen molar-refractivity contribution in [3.63, 3.8) is 0 Å². The number of amides is 1. The van der Waals surface area contributed by atoms with Crippen molar-refractivity contribution in [1.82, 2.24) is 30.1 Å². The zero-order chi connectivity index (χ0) is 26.3. The summed E-state index contributed by atoms with van der Waals surface area (Å²) in [5, 5.41) is 11.5. The molecule has 6 aromatic rings. The second-order valence-corrected chi connectivity index (χ2v) is 9.92. The number of benzene rings is 2. The number of carbonyl (C=O) groups excluding carboxylic acids is 1. The maximum Gasteiger partial charge on any atom is 0.227 e. The van der Waals surface area contributed by atoms with Crippen molar-refractivity contribution in [1.29, 1.82) is 0 Å². The first-order valence-electron chi connectivity index (χ1n) is 13.0. The maximum absolute atomic E-state index is 13.9. The van der Waals surface area contributed by atoms with Crippen molar-refractivity contribution in [3.05, 3.63) is 79.0 Å². The summed E-state index contributed by atoms with van der Waals surface area (Å²) in [5.41, 5.74) is 6.74. The molecule has 1 saturated carbocycles. The zero-order valence-electron chi connectivity index (χ0n) is 20.9. The summed E-state index contributed by atoms with van der Waals surface area (Å²) in [6.45, 7) is 0. The predicted octanol–water partition coefficient (Wildman–Crippen LogP) is 6.50. The lowest BCUT2D eigenvalue weighted by molar-refractivity contribution is -0.119. The number of rotatable bonds is 5. The zero-order valence-corrected chi connectivity index (χ0v) is 20.9. The molecular formula is C30H24FN7O. The van der Waals surface area contributed by atoms with Gasteiger partial charge in [-0.3, -0.25) is 14.9 Å². The van der Waals surface area contributed by atoms with Crippen LogP contribution in [0.1, 0.15) is 25.7 Å². The summed E-state index contributed by atoms with van der Waals surface area (Å²) < 4.78 is 13.9. The number of halogens is 1. The van der Waals surface area contributed by atoms with E-state index in [0.29, 0.717) is 28.4 Å². The molecule has 8 nitrogen and oxygen atoms in total. The van der Waals surface area contributed by atoms with Crippen LogP contribution in [-0.4, -0.2) is 36.0 Å². The minimum absolute atomic E-state index is 0.0649. The van der Waals surface area contributed by atoms with Gasteiger partial charge in [-0.2, -0.15) is 5.10 Å². The molecule has 192 valence electrons. The Morgan fingerprint density at radius 2 is 1.87 bits per heavy atom. The van der Waals surface area contributed by atoms with Gasteiger partial charge in [-0.05, 0) is 60.4 Å². The van der Waals surface area contributed by atoms with Crippen LogP contribution in [0.5, 0.6) is 0 Å². The fraction of sp³-hybridized carbons (Fsp3) is 0.167. The first kappa shape index (κ1) is 23.2. The number of pyridine rings is 2. The third-order valence-electron chi connectivity index (χ3n) is 7.37. The Balaban J connectivity index is 1.25. The van der Waals surface area contributed by atoms with E-state index in [9.17, 15) is 9.18 Å². The average molecular weight is 518 g/mol. The van der Waals surface area contributed by atoms with Gasteiger partial charge in [0.1, 0.15) is 17.0 Å².